The van der Waals surface area contributed by atoms with Crippen LogP contribution in [-0.2, 0) is 4.79 Å². The third kappa shape index (κ3) is 3.57. The van der Waals surface area contributed by atoms with Crippen LogP contribution in [0.3, 0.4) is 0 Å². The molecular weight excluding hydrogens is 296 g/mol. The molecule has 1 aromatic rings. The number of nitro benzene ring substituents is 1. The Balaban J connectivity index is 3.70. The van der Waals surface area contributed by atoms with Crippen molar-refractivity contribution in [3.8, 4) is 11.5 Å². The molecule has 0 radical (unpaired) electrons. The van der Waals surface area contributed by atoms with Crippen LogP contribution in [-0.4, -0.2) is 22.9 Å². The van der Waals surface area contributed by atoms with E-state index in [-0.39, 0.29) is 22.8 Å². The van der Waals surface area contributed by atoms with Crippen molar-refractivity contribution in [1.29, 1.82) is 0 Å². The van der Waals surface area contributed by atoms with Gasteiger partial charge in [-0.1, -0.05) is 0 Å². The fraction of sp³-hybridized carbons (Fsp3) is 0.308. The maximum Gasteiger partial charge on any atom is 0.322 e. The number of benzene rings is 1. The molecule has 0 N–H and O–H groups in total. The topological polar surface area (TPSA) is 122 Å². The molecule has 0 spiro atoms. The monoisotopic (exact) mass is 310 g/mol. The first-order valence-electron chi connectivity index (χ1n) is 6.06. The van der Waals surface area contributed by atoms with Gasteiger partial charge in [0.15, 0.2) is 5.75 Å². The lowest BCUT2D eigenvalue weighted by Crippen LogP contribution is -2.07. The lowest BCUT2D eigenvalue weighted by Gasteiger charge is -2.12. The molecule has 0 amide bonds. The predicted octanol–water partition coefficient (Wildman–Crippen LogP) is 2.47. The molecule has 0 bridgehead atoms. The molecule has 0 saturated carbocycles. The van der Waals surface area contributed by atoms with Gasteiger partial charge in [0.05, 0.1) is 22.5 Å². The highest BCUT2D eigenvalue weighted by atomic mass is 16.6. The second-order valence-corrected chi connectivity index (χ2v) is 4.39. The molecule has 22 heavy (non-hydrogen) atoms. The number of carbonyl (C=O) groups excluding carboxylic acids is 1. The minimum Gasteiger partial charge on any atom is -0.488 e. The molecule has 0 aliphatic carbocycles. The summed E-state index contributed by atoms with van der Waals surface area (Å²) < 4.78 is 9.93. The summed E-state index contributed by atoms with van der Waals surface area (Å²) in [7, 11) is 1.18. The molecule has 1 aromatic carbocycles. The van der Waals surface area contributed by atoms with E-state index in [1.165, 1.54) is 20.1 Å². The van der Waals surface area contributed by atoms with Crippen molar-refractivity contribution in [2.75, 3.05) is 7.11 Å². The van der Waals surface area contributed by atoms with Crippen LogP contribution in [0.2, 0.25) is 0 Å². The number of hydrogen-bond acceptors (Lipinski definition) is 7. The Morgan fingerprint density at radius 3 is 2.23 bits per heavy atom. The van der Waals surface area contributed by atoms with E-state index >= 15 is 0 Å². The van der Waals surface area contributed by atoms with E-state index in [0.29, 0.717) is 5.56 Å². The number of rotatable bonds is 5. The summed E-state index contributed by atoms with van der Waals surface area (Å²) in [4.78, 5) is 31.7. The summed E-state index contributed by atoms with van der Waals surface area (Å²) in [6.07, 6.45) is 1.06. The van der Waals surface area contributed by atoms with Gasteiger partial charge in [-0.25, -0.2) is 0 Å². The van der Waals surface area contributed by atoms with Gasteiger partial charge in [0.2, 0.25) is 11.4 Å². The van der Waals surface area contributed by atoms with Crippen LogP contribution < -0.4 is 9.47 Å². The number of nitro groups is 2. The number of carbonyl (C=O) groups is 1. The summed E-state index contributed by atoms with van der Waals surface area (Å²) in [5.41, 5.74) is -0.417. The van der Waals surface area contributed by atoms with Crippen molar-refractivity contribution >= 4 is 17.7 Å². The highest BCUT2D eigenvalue weighted by Crippen LogP contribution is 2.43. The van der Waals surface area contributed by atoms with E-state index < -0.39 is 21.5 Å². The van der Waals surface area contributed by atoms with Gasteiger partial charge in [-0.15, -0.1) is 0 Å². The van der Waals surface area contributed by atoms with Crippen LogP contribution in [0.1, 0.15) is 25.0 Å². The zero-order chi connectivity index (χ0) is 17.0. The smallest absolute Gasteiger partial charge is 0.322 e. The SMILES string of the molecule is COc1c(OC(C)=O)c(C)cc(/C=C(\C)[N+](=O)[O-])c1[N+](=O)[O-]. The molecule has 0 saturated heterocycles. The fourth-order valence-electron chi connectivity index (χ4n) is 1.82. The van der Waals surface area contributed by atoms with Gasteiger partial charge in [-0.2, -0.15) is 0 Å². The first-order valence-corrected chi connectivity index (χ1v) is 6.06. The van der Waals surface area contributed by atoms with Gasteiger partial charge in [0, 0.05) is 19.9 Å². The predicted molar refractivity (Wildman–Crippen MR) is 76.3 cm³/mol. The number of aryl methyl sites for hydroxylation is 1. The Hall–Kier alpha value is -2.97. The minimum absolute atomic E-state index is 0.00977. The van der Waals surface area contributed by atoms with E-state index in [2.05, 4.69) is 0 Å². The van der Waals surface area contributed by atoms with E-state index in [1.54, 1.807) is 6.92 Å². The summed E-state index contributed by atoms with van der Waals surface area (Å²) >= 11 is 0. The van der Waals surface area contributed by atoms with Gasteiger partial charge in [0.25, 0.3) is 0 Å². The van der Waals surface area contributed by atoms with Crippen molar-refractivity contribution in [2.24, 2.45) is 0 Å². The number of ether oxygens (including phenoxy) is 2. The lowest BCUT2D eigenvalue weighted by atomic mass is 10.1. The summed E-state index contributed by atoms with van der Waals surface area (Å²) in [5.74, 6) is -1.01. The number of esters is 1. The van der Waals surface area contributed by atoms with Crippen LogP contribution in [0, 0.1) is 27.2 Å². The first kappa shape index (κ1) is 17.1. The zero-order valence-electron chi connectivity index (χ0n) is 12.4. The van der Waals surface area contributed by atoms with Gasteiger partial charge >= 0.3 is 11.7 Å². The highest BCUT2D eigenvalue weighted by Gasteiger charge is 2.28. The van der Waals surface area contributed by atoms with Crippen LogP contribution in [0.25, 0.3) is 6.08 Å². The van der Waals surface area contributed by atoms with Gasteiger partial charge in [-0.3, -0.25) is 25.0 Å². The molecule has 0 heterocycles. The van der Waals surface area contributed by atoms with Crippen molar-refractivity contribution in [2.45, 2.75) is 20.8 Å². The van der Waals surface area contributed by atoms with E-state index in [4.69, 9.17) is 9.47 Å². The molecular formula is C13H14N2O7. The van der Waals surface area contributed by atoms with Crippen molar-refractivity contribution in [3.05, 3.63) is 43.1 Å². The van der Waals surface area contributed by atoms with Crippen LogP contribution >= 0.6 is 0 Å². The average Bonchev–Trinajstić information content (AvgIpc) is 2.39. The molecule has 0 aliphatic rings. The molecule has 0 aromatic heterocycles. The molecule has 0 atom stereocenters. The normalized spacial score (nSPS) is 11.0. The quantitative estimate of drug-likeness (QED) is 0.354. The Bertz CT molecular complexity index is 679. The maximum atomic E-state index is 11.3. The van der Waals surface area contributed by atoms with Crippen molar-refractivity contribution < 1.29 is 24.1 Å². The lowest BCUT2D eigenvalue weighted by molar-refractivity contribution is -0.422. The van der Waals surface area contributed by atoms with E-state index in [9.17, 15) is 25.0 Å². The minimum atomic E-state index is -0.746. The Morgan fingerprint density at radius 2 is 1.82 bits per heavy atom. The van der Waals surface area contributed by atoms with Crippen LogP contribution in [0.15, 0.2) is 11.8 Å². The van der Waals surface area contributed by atoms with E-state index in [0.717, 1.165) is 13.0 Å². The molecule has 0 aliphatic heterocycles. The third-order valence-electron chi connectivity index (χ3n) is 2.71. The zero-order valence-corrected chi connectivity index (χ0v) is 12.4. The average molecular weight is 310 g/mol. The van der Waals surface area contributed by atoms with Crippen LogP contribution in [0.5, 0.6) is 11.5 Å². The number of methoxy groups -OCH3 is 1. The fourth-order valence-corrected chi connectivity index (χ4v) is 1.82. The Kier molecular flexibility index (Phi) is 5.17. The first-order chi connectivity index (χ1) is 10.2. The maximum absolute atomic E-state index is 11.3. The summed E-state index contributed by atoms with van der Waals surface area (Å²) in [6, 6.07) is 1.33. The third-order valence-corrected chi connectivity index (χ3v) is 2.71. The van der Waals surface area contributed by atoms with Gasteiger partial charge in [-0.05, 0) is 18.6 Å². The number of allylic oxidation sites excluding steroid dienone is 1. The molecule has 118 valence electrons. The van der Waals surface area contributed by atoms with Crippen molar-refractivity contribution in [1.82, 2.24) is 0 Å². The Morgan fingerprint density at radius 1 is 1.23 bits per heavy atom. The second-order valence-electron chi connectivity index (χ2n) is 4.39. The van der Waals surface area contributed by atoms with Crippen molar-refractivity contribution in [3.63, 3.8) is 0 Å². The molecule has 1 rings (SSSR count). The van der Waals surface area contributed by atoms with E-state index in [1.807, 2.05) is 0 Å². The summed E-state index contributed by atoms with van der Waals surface area (Å²) in [5, 5.41) is 22.0. The molecule has 0 fully saturated rings. The van der Waals surface area contributed by atoms with Gasteiger partial charge < -0.3 is 9.47 Å². The second kappa shape index (κ2) is 6.66. The molecule has 0 unspecified atom stereocenters. The number of nitrogens with zero attached hydrogens (tertiary/aromatic N) is 2. The molecule has 9 heteroatoms. The Labute approximate surface area is 125 Å². The largest absolute Gasteiger partial charge is 0.488 e. The summed E-state index contributed by atoms with van der Waals surface area (Å²) in [6.45, 7) is 3.91. The standard InChI is InChI=1S/C13H14N2O7/c1-7-5-10(6-8(2)14(17)18)11(15(19)20)13(21-4)12(7)22-9(3)16/h5-6H,1-4H3/b8-6+. The van der Waals surface area contributed by atoms with Crippen LogP contribution in [0.4, 0.5) is 5.69 Å². The highest BCUT2D eigenvalue weighted by molar-refractivity contribution is 5.77. The number of hydrogen-bond donors (Lipinski definition) is 0. The van der Waals surface area contributed by atoms with Gasteiger partial charge in [0.1, 0.15) is 0 Å². The molecule has 9 nitrogen and oxygen atoms in total.